The Morgan fingerprint density at radius 2 is 1.65 bits per heavy atom. The topological polar surface area (TPSA) is 223 Å². The largest absolute Gasteiger partial charge is 0.495 e. The van der Waals surface area contributed by atoms with Gasteiger partial charge in [0.15, 0.2) is 0 Å². The van der Waals surface area contributed by atoms with Gasteiger partial charge in [-0.05, 0) is 30.3 Å². The van der Waals surface area contributed by atoms with Crippen LogP contribution in [0.2, 0.25) is 0 Å². The quantitative estimate of drug-likeness (QED) is 0.0920. The summed E-state index contributed by atoms with van der Waals surface area (Å²) in [5.41, 5.74) is 7.76. The summed E-state index contributed by atoms with van der Waals surface area (Å²) < 4.78 is 17.0. The number of aliphatic hydroxyl groups is 4. The minimum Gasteiger partial charge on any atom is -0.495 e. The number of ether oxygens (including phenoxy) is 3. The lowest BCUT2D eigenvalue weighted by atomic mass is 9.99. The molecule has 0 aromatic heterocycles. The van der Waals surface area contributed by atoms with E-state index in [1.807, 2.05) is 24.3 Å². The van der Waals surface area contributed by atoms with E-state index in [2.05, 4.69) is 15.5 Å². The molecule has 0 radical (unpaired) electrons. The summed E-state index contributed by atoms with van der Waals surface area (Å²) >= 11 is 0. The van der Waals surface area contributed by atoms with Gasteiger partial charge in [0, 0.05) is 43.0 Å². The van der Waals surface area contributed by atoms with E-state index in [4.69, 9.17) is 25.4 Å². The number of anilines is 2. The maximum atomic E-state index is 13.9. The number of piperazine rings is 1. The van der Waals surface area contributed by atoms with Gasteiger partial charge in [-0.2, -0.15) is 0 Å². The number of amides is 2. The first-order valence-electron chi connectivity index (χ1n) is 15.8. The number of hydrogen-bond acceptors (Lipinski definition) is 12. The molecule has 49 heavy (non-hydrogen) atoms. The number of nitrogens with one attached hydrogen (secondary N) is 3. The summed E-state index contributed by atoms with van der Waals surface area (Å²) in [5.74, 6) is -0.193. The van der Waals surface area contributed by atoms with E-state index < -0.39 is 49.3 Å². The first-order chi connectivity index (χ1) is 23.6. The third kappa shape index (κ3) is 8.21. The zero-order valence-electron chi connectivity index (χ0n) is 26.9. The van der Waals surface area contributed by atoms with E-state index in [0.717, 1.165) is 11.4 Å². The molecule has 0 bridgehead atoms. The van der Waals surface area contributed by atoms with E-state index >= 15 is 0 Å². The summed E-state index contributed by atoms with van der Waals surface area (Å²) in [6, 6.07) is 19.5. The number of nitrogens with two attached hydrogens (primary N) is 1. The molecule has 0 aliphatic carbocycles. The van der Waals surface area contributed by atoms with Gasteiger partial charge in [0.25, 0.3) is 0 Å². The van der Waals surface area contributed by atoms with Gasteiger partial charge in [-0.15, -0.1) is 0 Å². The molecule has 3 aromatic rings. The maximum Gasteiger partial charge on any atom is 0.247 e. The molecule has 5 rings (SSSR count). The van der Waals surface area contributed by atoms with Gasteiger partial charge in [0.2, 0.25) is 18.1 Å². The Morgan fingerprint density at radius 3 is 2.35 bits per heavy atom. The monoisotopic (exact) mass is 678 g/mol. The van der Waals surface area contributed by atoms with Crippen molar-refractivity contribution in [1.29, 1.82) is 5.41 Å². The zero-order chi connectivity index (χ0) is 35.1. The number of hydrogen-bond donors (Lipinski definition) is 8. The van der Waals surface area contributed by atoms with Crippen molar-refractivity contribution in [3.05, 3.63) is 83.9 Å². The molecule has 0 unspecified atom stereocenters. The molecule has 6 atom stereocenters. The van der Waals surface area contributed by atoms with Gasteiger partial charge >= 0.3 is 0 Å². The Bertz CT molecular complexity index is 1620. The Balaban J connectivity index is 1.32. The van der Waals surface area contributed by atoms with Crippen LogP contribution in [0.5, 0.6) is 11.5 Å². The average Bonchev–Trinajstić information content (AvgIpc) is 3.13. The van der Waals surface area contributed by atoms with Crippen molar-refractivity contribution in [2.75, 3.05) is 56.7 Å². The van der Waals surface area contributed by atoms with Crippen LogP contribution in [0, 0.1) is 5.41 Å². The molecule has 0 saturated carbocycles. The zero-order valence-corrected chi connectivity index (χ0v) is 26.9. The van der Waals surface area contributed by atoms with Crippen LogP contribution in [0.3, 0.4) is 0 Å². The van der Waals surface area contributed by atoms with Crippen molar-refractivity contribution in [2.45, 2.75) is 36.7 Å². The number of benzene rings is 3. The minimum atomic E-state index is -1.68. The lowest BCUT2D eigenvalue weighted by Gasteiger charge is -2.40. The molecule has 3 aromatic carbocycles. The highest BCUT2D eigenvalue weighted by molar-refractivity contribution is 5.96. The molecule has 262 valence electrons. The number of methoxy groups -OCH3 is 1. The van der Waals surface area contributed by atoms with Crippen molar-refractivity contribution in [3.63, 3.8) is 0 Å². The lowest BCUT2D eigenvalue weighted by Crippen LogP contribution is -2.60. The predicted molar refractivity (Wildman–Crippen MR) is 179 cm³/mol. The Hall–Kier alpha value is -4.93. The van der Waals surface area contributed by atoms with Gasteiger partial charge in [0.1, 0.15) is 47.8 Å². The molecule has 0 spiro atoms. The first-order valence-corrected chi connectivity index (χ1v) is 15.8. The number of para-hydroxylation sites is 3. The second kappa shape index (κ2) is 16.0. The molecule has 2 saturated heterocycles. The molecule has 2 amide bonds. The Morgan fingerprint density at radius 1 is 0.959 bits per heavy atom. The second-order valence-electron chi connectivity index (χ2n) is 11.7. The van der Waals surface area contributed by atoms with Crippen LogP contribution in [0.4, 0.5) is 11.4 Å². The summed E-state index contributed by atoms with van der Waals surface area (Å²) in [6.07, 6.45) is -7.63. The lowest BCUT2D eigenvalue weighted by molar-refractivity contribution is -0.277. The van der Waals surface area contributed by atoms with Gasteiger partial charge in [-0.1, -0.05) is 42.5 Å². The number of carbonyl (C=O) groups excluding carboxylic acids is 2. The van der Waals surface area contributed by atoms with Crippen molar-refractivity contribution in [2.24, 2.45) is 5.73 Å². The van der Waals surface area contributed by atoms with E-state index in [0.29, 0.717) is 37.4 Å². The summed E-state index contributed by atoms with van der Waals surface area (Å²) in [4.78, 5) is 31.0. The summed E-state index contributed by atoms with van der Waals surface area (Å²) in [7, 11) is 1.61. The fourth-order valence-electron chi connectivity index (χ4n) is 5.81. The van der Waals surface area contributed by atoms with E-state index in [9.17, 15) is 30.0 Å². The van der Waals surface area contributed by atoms with E-state index in [1.54, 1.807) is 54.5 Å². The third-order valence-electron chi connectivity index (χ3n) is 8.54. The van der Waals surface area contributed by atoms with Crippen molar-refractivity contribution in [3.8, 4) is 11.5 Å². The Labute approximate surface area is 283 Å². The fraction of sp³-hybridized carbons (Fsp3) is 0.382. The van der Waals surface area contributed by atoms with Crippen LogP contribution in [-0.4, -0.2) is 120 Å². The van der Waals surface area contributed by atoms with Gasteiger partial charge in [-0.25, -0.2) is 0 Å². The van der Waals surface area contributed by atoms with Gasteiger partial charge in [-0.3, -0.25) is 15.0 Å². The molecule has 2 heterocycles. The smallest absolute Gasteiger partial charge is 0.247 e. The molecule has 15 nitrogen and oxygen atoms in total. The molecule has 9 N–H and O–H groups in total. The second-order valence-corrected chi connectivity index (χ2v) is 11.7. The highest BCUT2D eigenvalue weighted by atomic mass is 16.7. The number of nitrogens with zero attached hydrogens (tertiary/aromatic N) is 2. The highest BCUT2D eigenvalue weighted by Gasteiger charge is 2.45. The van der Waals surface area contributed by atoms with Gasteiger partial charge < -0.3 is 60.8 Å². The number of nitrogen functional groups attached to an aromatic ring is 1. The Kier molecular flexibility index (Phi) is 11.5. The van der Waals surface area contributed by atoms with Crippen molar-refractivity contribution < 1.29 is 44.2 Å². The van der Waals surface area contributed by atoms with E-state index in [-0.39, 0.29) is 29.6 Å². The minimum absolute atomic E-state index is 0.0843. The molecular weight excluding hydrogens is 636 g/mol. The number of amidine groups is 1. The summed E-state index contributed by atoms with van der Waals surface area (Å²) in [6.45, 7) is 1.13. The molecule has 15 heteroatoms. The van der Waals surface area contributed by atoms with Crippen LogP contribution >= 0.6 is 0 Å². The normalized spacial score (nSPS) is 22.9. The third-order valence-corrected chi connectivity index (χ3v) is 8.54. The van der Waals surface area contributed by atoms with Crippen molar-refractivity contribution >= 4 is 29.0 Å². The molecule has 2 aliphatic heterocycles. The standard InChI is InChI=1S/C34H42N6O9/c1-47-25-12-5-3-10-23(25)39-13-15-40(16-14-39)27(42)18-37-33(46)28(38-21-8-6-7-20(17-21)32(35)36)22-9-2-4-11-24(22)48-34-31(45)30(44)29(43)26(19-41)49-34/h2-12,17,26,28-31,34,38,41,43-45H,13-16,18-19H2,1H3,(H3,35,36)(H,37,46)/t26-,28+,29-,30+,31-,34-/m1/s1. The highest BCUT2D eigenvalue weighted by Crippen LogP contribution is 2.32. The average molecular weight is 679 g/mol. The summed E-state index contributed by atoms with van der Waals surface area (Å²) in [5, 5.41) is 54.4. The molecule has 2 aliphatic rings. The fourth-order valence-corrected chi connectivity index (χ4v) is 5.81. The first kappa shape index (κ1) is 35.4. The SMILES string of the molecule is COc1ccccc1N1CCN(C(=O)CNC(=O)[C@@H](Nc2cccc(C(=N)N)c2)c2ccccc2O[C@@H]2O[C@H](CO)[C@@H](O)[C@H](O)[C@H]2O)CC1. The number of carbonyl (C=O) groups is 2. The number of rotatable bonds is 12. The van der Waals surface area contributed by atoms with E-state index in [1.165, 1.54) is 6.07 Å². The van der Waals surface area contributed by atoms with Crippen LogP contribution in [0.15, 0.2) is 72.8 Å². The van der Waals surface area contributed by atoms with Gasteiger partial charge in [0.05, 0.1) is 25.9 Å². The number of aliphatic hydroxyl groups excluding tert-OH is 4. The predicted octanol–water partition coefficient (Wildman–Crippen LogP) is -0.224. The van der Waals surface area contributed by atoms with Crippen LogP contribution in [-0.2, 0) is 14.3 Å². The van der Waals surface area contributed by atoms with Crippen molar-refractivity contribution in [1.82, 2.24) is 10.2 Å². The molecular formula is C34H42N6O9. The molecule has 2 fully saturated rings. The maximum absolute atomic E-state index is 13.9. The van der Waals surface area contributed by atoms with Crippen LogP contribution < -0.4 is 30.7 Å². The van der Waals surface area contributed by atoms with Crippen LogP contribution in [0.1, 0.15) is 17.2 Å². The van der Waals surface area contributed by atoms with Crippen LogP contribution in [0.25, 0.3) is 0 Å².